The zero-order chi connectivity index (χ0) is 12.1. The van der Waals surface area contributed by atoms with Crippen LogP contribution in [0.15, 0.2) is 42.6 Å². The lowest BCUT2D eigenvalue weighted by Gasteiger charge is -2.06. The van der Waals surface area contributed by atoms with Gasteiger partial charge in [0, 0.05) is 11.2 Å². The van der Waals surface area contributed by atoms with Crippen LogP contribution in [0.25, 0.3) is 0 Å². The minimum atomic E-state index is 0.490. The number of aromatic nitrogens is 1. The average molecular weight is 249 g/mol. The van der Waals surface area contributed by atoms with Gasteiger partial charge >= 0.3 is 0 Å². The maximum atomic E-state index is 6.02. The minimum absolute atomic E-state index is 0.490. The number of nitrogens with zero attached hydrogens (tertiary/aromatic N) is 1. The van der Waals surface area contributed by atoms with Crippen molar-refractivity contribution in [3.8, 4) is 0 Å². The molecule has 0 amide bonds. The molecular weight excluding hydrogens is 236 g/mol. The Bertz CT molecular complexity index is 485. The molecule has 17 heavy (non-hydrogen) atoms. The molecule has 0 fully saturated rings. The third kappa shape index (κ3) is 3.44. The molecule has 3 nitrogen and oxygen atoms in total. The summed E-state index contributed by atoms with van der Waals surface area (Å²) in [7, 11) is 0. The highest BCUT2D eigenvalue weighted by molar-refractivity contribution is 6.31. The minimum Gasteiger partial charge on any atom is -0.384 e. The Balaban J connectivity index is 1.88. The van der Waals surface area contributed by atoms with Crippen molar-refractivity contribution < 1.29 is 4.74 Å². The van der Waals surface area contributed by atoms with Crippen LogP contribution in [0.5, 0.6) is 0 Å². The second-order valence-corrected chi connectivity index (χ2v) is 4.08. The molecule has 4 heteroatoms. The Kier molecular flexibility index (Phi) is 3.96. The molecule has 2 rings (SSSR count). The zero-order valence-corrected chi connectivity index (χ0v) is 10.0. The van der Waals surface area contributed by atoms with Crippen molar-refractivity contribution in [2.45, 2.75) is 13.2 Å². The van der Waals surface area contributed by atoms with Crippen LogP contribution in [0.2, 0.25) is 5.02 Å². The number of halogens is 1. The highest BCUT2D eigenvalue weighted by Gasteiger charge is 1.99. The van der Waals surface area contributed by atoms with Crippen molar-refractivity contribution in [2.75, 3.05) is 5.73 Å². The summed E-state index contributed by atoms with van der Waals surface area (Å²) in [4.78, 5) is 3.99. The van der Waals surface area contributed by atoms with Crippen LogP contribution >= 0.6 is 11.6 Å². The molecule has 2 N–H and O–H groups in total. The molecule has 0 aliphatic carbocycles. The van der Waals surface area contributed by atoms with Crippen LogP contribution in [0.4, 0.5) is 5.82 Å². The first-order valence-corrected chi connectivity index (χ1v) is 5.65. The zero-order valence-electron chi connectivity index (χ0n) is 9.27. The van der Waals surface area contributed by atoms with Crippen LogP contribution in [0.1, 0.15) is 11.1 Å². The van der Waals surface area contributed by atoms with E-state index in [1.807, 2.05) is 30.3 Å². The first kappa shape index (κ1) is 11.9. The molecule has 0 saturated carbocycles. The number of pyridine rings is 1. The summed E-state index contributed by atoms with van der Waals surface area (Å²) in [5, 5.41) is 0.725. The molecule has 0 aliphatic heterocycles. The molecule has 1 aromatic carbocycles. The number of nitrogen functional groups attached to an aromatic ring is 1. The lowest BCUT2D eigenvalue weighted by molar-refractivity contribution is 0.107. The van der Waals surface area contributed by atoms with E-state index in [-0.39, 0.29) is 0 Å². The number of hydrogen-bond acceptors (Lipinski definition) is 3. The van der Waals surface area contributed by atoms with Crippen molar-refractivity contribution in [2.24, 2.45) is 0 Å². The molecule has 88 valence electrons. The van der Waals surface area contributed by atoms with E-state index in [2.05, 4.69) is 4.98 Å². The Morgan fingerprint density at radius 1 is 1.12 bits per heavy atom. The van der Waals surface area contributed by atoms with Gasteiger partial charge < -0.3 is 10.5 Å². The molecule has 0 radical (unpaired) electrons. The van der Waals surface area contributed by atoms with E-state index in [1.165, 1.54) is 0 Å². The van der Waals surface area contributed by atoms with E-state index in [0.29, 0.717) is 19.0 Å². The third-order valence-corrected chi connectivity index (χ3v) is 2.70. The maximum absolute atomic E-state index is 6.02. The summed E-state index contributed by atoms with van der Waals surface area (Å²) in [5.41, 5.74) is 7.47. The van der Waals surface area contributed by atoms with E-state index in [0.717, 1.165) is 16.1 Å². The van der Waals surface area contributed by atoms with Gasteiger partial charge in [0.15, 0.2) is 0 Å². The topological polar surface area (TPSA) is 48.1 Å². The fourth-order valence-corrected chi connectivity index (χ4v) is 1.61. The smallest absolute Gasteiger partial charge is 0.123 e. The standard InChI is InChI=1S/C13H13ClN2O/c14-12-4-2-1-3-11(12)9-17-8-10-5-6-13(15)16-7-10/h1-7H,8-9H2,(H2,15,16). The van der Waals surface area contributed by atoms with Crippen molar-refractivity contribution in [1.82, 2.24) is 4.98 Å². The summed E-state index contributed by atoms with van der Waals surface area (Å²) in [6.07, 6.45) is 1.71. The number of hydrogen-bond donors (Lipinski definition) is 1. The van der Waals surface area contributed by atoms with Gasteiger partial charge in [-0.25, -0.2) is 4.98 Å². The van der Waals surface area contributed by atoms with Crippen molar-refractivity contribution in [3.63, 3.8) is 0 Å². The van der Waals surface area contributed by atoms with Crippen LogP contribution in [0, 0.1) is 0 Å². The summed E-state index contributed by atoms with van der Waals surface area (Å²) < 4.78 is 5.56. The van der Waals surface area contributed by atoms with E-state index < -0.39 is 0 Å². The monoisotopic (exact) mass is 248 g/mol. The number of rotatable bonds is 4. The van der Waals surface area contributed by atoms with Crippen molar-refractivity contribution in [1.29, 1.82) is 0 Å². The first-order chi connectivity index (χ1) is 8.25. The quantitative estimate of drug-likeness (QED) is 0.905. The Labute approximate surface area is 105 Å². The summed E-state index contributed by atoms with van der Waals surface area (Å²) >= 11 is 6.02. The Hall–Kier alpha value is -1.58. The molecular formula is C13H13ClN2O. The molecule has 0 aliphatic rings. The van der Waals surface area contributed by atoms with Gasteiger partial charge in [0.2, 0.25) is 0 Å². The molecule has 0 bridgehead atoms. The number of ether oxygens (including phenoxy) is 1. The van der Waals surface area contributed by atoms with Crippen LogP contribution < -0.4 is 5.73 Å². The Morgan fingerprint density at radius 2 is 1.94 bits per heavy atom. The largest absolute Gasteiger partial charge is 0.384 e. The fourth-order valence-electron chi connectivity index (χ4n) is 1.42. The van der Waals surface area contributed by atoms with E-state index in [4.69, 9.17) is 22.1 Å². The van der Waals surface area contributed by atoms with Gasteiger partial charge in [-0.1, -0.05) is 35.9 Å². The predicted octanol–water partition coefficient (Wildman–Crippen LogP) is 3.03. The summed E-state index contributed by atoms with van der Waals surface area (Å²) in [6, 6.07) is 11.3. The lowest BCUT2D eigenvalue weighted by Crippen LogP contribution is -1.96. The second-order valence-electron chi connectivity index (χ2n) is 3.68. The average Bonchev–Trinajstić information content (AvgIpc) is 2.34. The van der Waals surface area contributed by atoms with Gasteiger partial charge in [-0.05, 0) is 23.3 Å². The number of anilines is 1. The molecule has 0 saturated heterocycles. The van der Waals surface area contributed by atoms with Crippen LogP contribution in [-0.2, 0) is 18.0 Å². The van der Waals surface area contributed by atoms with Crippen molar-refractivity contribution >= 4 is 17.4 Å². The number of nitrogens with two attached hydrogens (primary N) is 1. The number of benzene rings is 1. The van der Waals surface area contributed by atoms with Gasteiger partial charge in [0.05, 0.1) is 13.2 Å². The second kappa shape index (κ2) is 5.66. The predicted molar refractivity (Wildman–Crippen MR) is 68.6 cm³/mol. The summed E-state index contributed by atoms with van der Waals surface area (Å²) in [6.45, 7) is 0.989. The van der Waals surface area contributed by atoms with Crippen LogP contribution in [-0.4, -0.2) is 4.98 Å². The van der Waals surface area contributed by atoms with Gasteiger partial charge in [0.25, 0.3) is 0 Å². The Morgan fingerprint density at radius 3 is 2.65 bits per heavy atom. The molecule has 0 unspecified atom stereocenters. The normalized spacial score (nSPS) is 10.4. The van der Waals surface area contributed by atoms with E-state index >= 15 is 0 Å². The van der Waals surface area contributed by atoms with Gasteiger partial charge in [-0.2, -0.15) is 0 Å². The molecule has 1 heterocycles. The molecule has 0 atom stereocenters. The van der Waals surface area contributed by atoms with E-state index in [9.17, 15) is 0 Å². The summed E-state index contributed by atoms with van der Waals surface area (Å²) in [5.74, 6) is 0.514. The molecule has 0 spiro atoms. The third-order valence-electron chi connectivity index (χ3n) is 2.33. The highest BCUT2D eigenvalue weighted by atomic mass is 35.5. The van der Waals surface area contributed by atoms with Gasteiger partial charge in [-0.15, -0.1) is 0 Å². The fraction of sp³-hybridized carbons (Fsp3) is 0.154. The lowest BCUT2D eigenvalue weighted by atomic mass is 10.2. The van der Waals surface area contributed by atoms with Gasteiger partial charge in [-0.3, -0.25) is 0 Å². The SMILES string of the molecule is Nc1ccc(COCc2ccccc2Cl)cn1. The van der Waals surface area contributed by atoms with Crippen LogP contribution in [0.3, 0.4) is 0 Å². The van der Waals surface area contributed by atoms with Gasteiger partial charge in [0.1, 0.15) is 5.82 Å². The molecule has 2 aromatic rings. The maximum Gasteiger partial charge on any atom is 0.123 e. The first-order valence-electron chi connectivity index (χ1n) is 5.27. The van der Waals surface area contributed by atoms with E-state index in [1.54, 1.807) is 12.3 Å². The molecule has 1 aromatic heterocycles. The van der Waals surface area contributed by atoms with Crippen molar-refractivity contribution in [3.05, 3.63) is 58.7 Å². The highest BCUT2D eigenvalue weighted by Crippen LogP contribution is 2.16.